The van der Waals surface area contributed by atoms with Gasteiger partial charge in [-0.2, -0.15) is 0 Å². The van der Waals surface area contributed by atoms with Crippen LogP contribution in [0.1, 0.15) is 36.8 Å². The number of nitrogens with zero attached hydrogens (tertiary/aromatic N) is 1. The van der Waals surface area contributed by atoms with E-state index < -0.39 is 5.97 Å². The molecule has 0 radical (unpaired) electrons. The van der Waals surface area contributed by atoms with Crippen LogP contribution >= 0.6 is 0 Å². The second-order valence-corrected chi connectivity index (χ2v) is 5.53. The smallest absolute Gasteiger partial charge is 0.315 e. The van der Waals surface area contributed by atoms with Crippen molar-refractivity contribution in [2.45, 2.75) is 45.2 Å². The molecule has 1 aliphatic rings. The van der Waals surface area contributed by atoms with Gasteiger partial charge in [0.05, 0.1) is 5.92 Å². The number of hydrogen-bond donors (Lipinski definition) is 3. The van der Waals surface area contributed by atoms with Gasteiger partial charge in [0, 0.05) is 25.0 Å². The van der Waals surface area contributed by atoms with E-state index in [9.17, 15) is 9.59 Å². The Morgan fingerprint density at radius 2 is 2.24 bits per heavy atom. The average molecular weight is 291 g/mol. The largest absolute Gasteiger partial charge is 0.481 e. The summed E-state index contributed by atoms with van der Waals surface area (Å²) in [4.78, 5) is 26.9. The average Bonchev–Trinajstić information content (AvgIpc) is 2.46. The highest BCUT2D eigenvalue weighted by Crippen LogP contribution is 2.24. The van der Waals surface area contributed by atoms with Crippen molar-refractivity contribution >= 4 is 12.0 Å². The summed E-state index contributed by atoms with van der Waals surface area (Å²) in [7, 11) is 0. The van der Waals surface area contributed by atoms with Gasteiger partial charge in [0.15, 0.2) is 0 Å². The molecular formula is C15H21N3O3. The van der Waals surface area contributed by atoms with Crippen molar-refractivity contribution in [3.8, 4) is 0 Å². The third-order valence-electron chi connectivity index (χ3n) is 3.95. The molecule has 2 atom stereocenters. The van der Waals surface area contributed by atoms with Crippen LogP contribution in [0.3, 0.4) is 0 Å². The Morgan fingerprint density at radius 1 is 1.43 bits per heavy atom. The lowest BCUT2D eigenvalue weighted by atomic mass is 9.86. The maximum atomic E-state index is 11.9. The fourth-order valence-corrected chi connectivity index (χ4v) is 2.64. The van der Waals surface area contributed by atoms with Gasteiger partial charge in [-0.15, -0.1) is 0 Å². The molecule has 6 heteroatoms. The van der Waals surface area contributed by atoms with Crippen LogP contribution < -0.4 is 10.6 Å². The van der Waals surface area contributed by atoms with E-state index in [1.807, 2.05) is 13.0 Å². The predicted molar refractivity (Wildman–Crippen MR) is 77.7 cm³/mol. The van der Waals surface area contributed by atoms with E-state index >= 15 is 0 Å². The zero-order valence-corrected chi connectivity index (χ0v) is 12.1. The van der Waals surface area contributed by atoms with Crippen LogP contribution in [0.2, 0.25) is 0 Å². The lowest BCUT2D eigenvalue weighted by Gasteiger charge is -2.27. The highest BCUT2D eigenvalue weighted by Gasteiger charge is 2.27. The Morgan fingerprint density at radius 3 is 2.95 bits per heavy atom. The normalized spacial score (nSPS) is 21.6. The Balaban J connectivity index is 1.79. The van der Waals surface area contributed by atoms with Crippen LogP contribution in [0.15, 0.2) is 18.5 Å². The number of pyridine rings is 1. The van der Waals surface area contributed by atoms with Crippen LogP contribution in [0.4, 0.5) is 4.79 Å². The molecule has 0 aromatic carbocycles. The standard InChI is InChI=1S/C15H21N3O3/c1-10-5-6-16-8-12(10)9-17-15(21)18-13-4-2-3-11(7-13)14(19)20/h5-6,8,11,13H,2-4,7,9H2,1H3,(H,19,20)(H2,17,18,21). The molecule has 1 fully saturated rings. The van der Waals surface area contributed by atoms with Gasteiger partial charge in [0.25, 0.3) is 0 Å². The minimum absolute atomic E-state index is 0.0603. The highest BCUT2D eigenvalue weighted by molar-refractivity contribution is 5.74. The lowest BCUT2D eigenvalue weighted by molar-refractivity contribution is -0.143. The number of urea groups is 1. The Hall–Kier alpha value is -2.11. The van der Waals surface area contributed by atoms with Gasteiger partial charge >= 0.3 is 12.0 Å². The molecule has 2 rings (SSSR count). The molecule has 1 aromatic heterocycles. The molecule has 2 unspecified atom stereocenters. The van der Waals surface area contributed by atoms with E-state index in [4.69, 9.17) is 5.11 Å². The highest BCUT2D eigenvalue weighted by atomic mass is 16.4. The molecule has 0 bridgehead atoms. The summed E-state index contributed by atoms with van der Waals surface area (Å²) in [6, 6.07) is 1.58. The van der Waals surface area contributed by atoms with Gasteiger partial charge in [-0.1, -0.05) is 6.42 Å². The van der Waals surface area contributed by atoms with E-state index in [1.165, 1.54) is 0 Å². The first kappa shape index (κ1) is 15.3. The Labute approximate surface area is 124 Å². The number of nitrogens with one attached hydrogen (secondary N) is 2. The van der Waals surface area contributed by atoms with Crippen molar-refractivity contribution < 1.29 is 14.7 Å². The number of carboxylic acid groups (broad SMARTS) is 1. The molecule has 1 aromatic rings. The number of carboxylic acids is 1. The van der Waals surface area contributed by atoms with Crippen molar-refractivity contribution in [3.63, 3.8) is 0 Å². The first-order valence-corrected chi connectivity index (χ1v) is 7.23. The molecule has 0 saturated heterocycles. The summed E-state index contributed by atoms with van der Waals surface area (Å²) >= 11 is 0. The van der Waals surface area contributed by atoms with Crippen molar-refractivity contribution in [2.24, 2.45) is 5.92 Å². The fourth-order valence-electron chi connectivity index (χ4n) is 2.64. The molecule has 0 spiro atoms. The summed E-state index contributed by atoms with van der Waals surface area (Å²) in [5, 5.41) is 14.7. The number of carbonyl (C=O) groups excluding carboxylic acids is 1. The molecule has 1 saturated carbocycles. The van der Waals surface area contributed by atoms with Gasteiger partial charge < -0.3 is 15.7 Å². The van der Waals surface area contributed by atoms with Crippen LogP contribution in [-0.4, -0.2) is 28.1 Å². The minimum atomic E-state index is -0.770. The molecular weight excluding hydrogens is 270 g/mol. The third-order valence-corrected chi connectivity index (χ3v) is 3.95. The van der Waals surface area contributed by atoms with Crippen molar-refractivity contribution in [1.82, 2.24) is 15.6 Å². The number of aliphatic carboxylic acids is 1. The van der Waals surface area contributed by atoms with E-state index in [0.29, 0.717) is 19.4 Å². The lowest BCUT2D eigenvalue weighted by Crippen LogP contribution is -2.44. The molecule has 1 heterocycles. The third kappa shape index (κ3) is 4.44. The van der Waals surface area contributed by atoms with Gasteiger partial charge in [0.1, 0.15) is 0 Å². The maximum Gasteiger partial charge on any atom is 0.315 e. The molecule has 1 aliphatic carbocycles. The van der Waals surface area contributed by atoms with Crippen LogP contribution in [-0.2, 0) is 11.3 Å². The first-order valence-electron chi connectivity index (χ1n) is 7.23. The summed E-state index contributed by atoms with van der Waals surface area (Å²) in [6.45, 7) is 2.38. The van der Waals surface area contributed by atoms with Crippen molar-refractivity contribution in [1.29, 1.82) is 0 Å². The summed E-state index contributed by atoms with van der Waals surface area (Å²) < 4.78 is 0. The van der Waals surface area contributed by atoms with Crippen LogP contribution in [0, 0.1) is 12.8 Å². The Bertz CT molecular complexity index is 519. The fraction of sp³-hybridized carbons (Fsp3) is 0.533. The minimum Gasteiger partial charge on any atom is -0.481 e. The summed E-state index contributed by atoms with van der Waals surface area (Å²) in [6.07, 6.45) is 6.33. The zero-order chi connectivity index (χ0) is 15.2. The van der Waals surface area contributed by atoms with Crippen molar-refractivity contribution in [2.75, 3.05) is 0 Å². The number of aromatic nitrogens is 1. The molecule has 114 valence electrons. The molecule has 21 heavy (non-hydrogen) atoms. The second-order valence-electron chi connectivity index (χ2n) is 5.53. The number of amides is 2. The summed E-state index contributed by atoms with van der Waals surface area (Å²) in [5.74, 6) is -1.11. The zero-order valence-electron chi connectivity index (χ0n) is 12.1. The number of hydrogen-bond acceptors (Lipinski definition) is 3. The maximum absolute atomic E-state index is 11.9. The van der Waals surface area contributed by atoms with Gasteiger partial charge in [-0.05, 0) is 43.4 Å². The number of rotatable bonds is 4. The SMILES string of the molecule is Cc1ccncc1CNC(=O)NC1CCCC(C(=O)O)C1. The van der Waals surface area contributed by atoms with E-state index in [-0.39, 0.29) is 18.0 Å². The van der Waals surface area contributed by atoms with Gasteiger partial charge in [0.2, 0.25) is 0 Å². The van der Waals surface area contributed by atoms with Gasteiger partial charge in [-0.25, -0.2) is 4.79 Å². The van der Waals surface area contributed by atoms with E-state index in [1.54, 1.807) is 12.4 Å². The molecule has 2 amide bonds. The molecule has 0 aliphatic heterocycles. The summed E-state index contributed by atoms with van der Waals surface area (Å²) in [5.41, 5.74) is 2.05. The predicted octanol–water partition coefficient (Wildman–Crippen LogP) is 1.83. The van der Waals surface area contributed by atoms with Crippen LogP contribution in [0.25, 0.3) is 0 Å². The van der Waals surface area contributed by atoms with E-state index in [2.05, 4.69) is 15.6 Å². The monoisotopic (exact) mass is 291 g/mol. The Kier molecular flexibility index (Phi) is 5.14. The quantitative estimate of drug-likeness (QED) is 0.789. The first-order chi connectivity index (χ1) is 10.1. The molecule has 6 nitrogen and oxygen atoms in total. The van der Waals surface area contributed by atoms with Crippen molar-refractivity contribution in [3.05, 3.63) is 29.6 Å². The number of aryl methyl sites for hydroxylation is 1. The number of carbonyl (C=O) groups is 2. The van der Waals surface area contributed by atoms with Gasteiger partial charge in [-0.3, -0.25) is 9.78 Å². The molecule has 3 N–H and O–H groups in total. The topological polar surface area (TPSA) is 91.3 Å². The second kappa shape index (κ2) is 7.06. The van der Waals surface area contributed by atoms with Crippen LogP contribution in [0.5, 0.6) is 0 Å². The van der Waals surface area contributed by atoms with E-state index in [0.717, 1.165) is 24.0 Å².